The average molecular weight is 274 g/mol. The molecule has 1 aromatic rings. The lowest BCUT2D eigenvalue weighted by molar-refractivity contribution is 0.418. The fourth-order valence-corrected chi connectivity index (χ4v) is 3.30. The minimum absolute atomic E-state index is 0.114. The molecule has 18 heavy (non-hydrogen) atoms. The lowest BCUT2D eigenvalue weighted by Crippen LogP contribution is -2.36. The molecule has 0 aliphatic carbocycles. The van der Waals surface area contributed by atoms with Crippen LogP contribution in [0.4, 0.5) is 4.39 Å². The average Bonchev–Trinajstić information content (AvgIpc) is 2.32. The van der Waals surface area contributed by atoms with E-state index < -0.39 is 15.8 Å². The van der Waals surface area contributed by atoms with E-state index in [4.69, 9.17) is 5.73 Å². The van der Waals surface area contributed by atoms with Crippen LogP contribution in [-0.4, -0.2) is 32.4 Å². The lowest BCUT2D eigenvalue weighted by Gasteiger charge is -2.21. The Labute approximate surface area is 108 Å². The number of sulfonamides is 1. The van der Waals surface area contributed by atoms with Crippen molar-refractivity contribution in [3.63, 3.8) is 0 Å². The third-order valence-electron chi connectivity index (χ3n) is 2.62. The van der Waals surface area contributed by atoms with Crippen molar-refractivity contribution in [3.05, 3.63) is 29.6 Å². The Morgan fingerprint density at radius 2 is 2.00 bits per heavy atom. The summed E-state index contributed by atoms with van der Waals surface area (Å²) < 4.78 is 39.1. The molecule has 0 aliphatic heterocycles. The van der Waals surface area contributed by atoms with Crippen LogP contribution in [0.2, 0.25) is 0 Å². The molecule has 0 spiro atoms. The fraction of sp³-hybridized carbons (Fsp3) is 0.500. The van der Waals surface area contributed by atoms with Gasteiger partial charge in [0.2, 0.25) is 10.0 Å². The molecule has 0 heterocycles. The van der Waals surface area contributed by atoms with Gasteiger partial charge in [0.1, 0.15) is 5.82 Å². The van der Waals surface area contributed by atoms with Crippen LogP contribution in [0.15, 0.2) is 23.1 Å². The number of benzene rings is 1. The molecule has 0 bridgehead atoms. The van der Waals surface area contributed by atoms with E-state index in [0.29, 0.717) is 18.5 Å². The van der Waals surface area contributed by atoms with Crippen molar-refractivity contribution in [2.24, 2.45) is 5.73 Å². The summed E-state index contributed by atoms with van der Waals surface area (Å²) in [6.07, 6.45) is 0.708. The predicted molar refractivity (Wildman–Crippen MR) is 69.2 cm³/mol. The zero-order valence-electron chi connectivity index (χ0n) is 10.7. The molecular formula is C12H19FN2O2S. The van der Waals surface area contributed by atoms with E-state index in [0.717, 1.165) is 0 Å². The summed E-state index contributed by atoms with van der Waals surface area (Å²) in [7, 11) is -3.58. The highest BCUT2D eigenvalue weighted by Gasteiger charge is 2.23. The minimum Gasteiger partial charge on any atom is -0.329 e. The maximum Gasteiger partial charge on any atom is 0.243 e. The number of rotatable bonds is 6. The largest absolute Gasteiger partial charge is 0.329 e. The number of nitrogens with zero attached hydrogens (tertiary/aromatic N) is 1. The van der Waals surface area contributed by atoms with Crippen LogP contribution in [0, 0.1) is 12.7 Å². The molecule has 0 unspecified atom stereocenters. The Bertz CT molecular complexity index is 497. The molecular weight excluding hydrogens is 255 g/mol. The molecule has 6 heteroatoms. The van der Waals surface area contributed by atoms with Crippen LogP contribution in [0.25, 0.3) is 0 Å². The second-order valence-electron chi connectivity index (χ2n) is 4.10. The van der Waals surface area contributed by atoms with Gasteiger partial charge in [-0.25, -0.2) is 12.8 Å². The molecule has 0 saturated heterocycles. The van der Waals surface area contributed by atoms with E-state index in [2.05, 4.69) is 0 Å². The smallest absolute Gasteiger partial charge is 0.243 e. The molecule has 0 radical (unpaired) electrons. The molecule has 0 atom stereocenters. The monoisotopic (exact) mass is 274 g/mol. The molecule has 0 aliphatic rings. The summed E-state index contributed by atoms with van der Waals surface area (Å²) in [5, 5.41) is 0. The molecule has 0 fully saturated rings. The summed E-state index contributed by atoms with van der Waals surface area (Å²) >= 11 is 0. The quantitative estimate of drug-likeness (QED) is 0.855. The van der Waals surface area contributed by atoms with Gasteiger partial charge in [0.25, 0.3) is 0 Å². The standard InChI is InChI=1S/C12H19FN2O2S/c1-3-7-15(8-6-14)18(16,17)11-4-5-12(13)10(2)9-11/h4-5,9H,3,6-8,14H2,1-2H3. The van der Waals surface area contributed by atoms with Crippen molar-refractivity contribution in [3.8, 4) is 0 Å². The minimum atomic E-state index is -3.58. The highest BCUT2D eigenvalue weighted by Crippen LogP contribution is 2.18. The first-order valence-electron chi connectivity index (χ1n) is 5.89. The van der Waals surface area contributed by atoms with Gasteiger partial charge < -0.3 is 5.73 Å². The van der Waals surface area contributed by atoms with Gasteiger partial charge in [0.05, 0.1) is 4.90 Å². The Morgan fingerprint density at radius 3 is 2.50 bits per heavy atom. The summed E-state index contributed by atoms with van der Waals surface area (Å²) in [5.41, 5.74) is 5.74. The number of hydrogen-bond acceptors (Lipinski definition) is 3. The molecule has 4 nitrogen and oxygen atoms in total. The first-order chi connectivity index (χ1) is 8.43. The topological polar surface area (TPSA) is 63.4 Å². The Morgan fingerprint density at radius 1 is 1.33 bits per heavy atom. The van der Waals surface area contributed by atoms with Crippen molar-refractivity contribution in [2.45, 2.75) is 25.2 Å². The maximum atomic E-state index is 13.2. The summed E-state index contributed by atoms with van der Waals surface area (Å²) in [6, 6.07) is 3.81. The maximum absolute atomic E-state index is 13.2. The van der Waals surface area contributed by atoms with Gasteiger partial charge in [0.15, 0.2) is 0 Å². The van der Waals surface area contributed by atoms with Gasteiger partial charge in [-0.1, -0.05) is 6.92 Å². The number of aryl methyl sites for hydroxylation is 1. The molecule has 1 aromatic carbocycles. The molecule has 1 rings (SSSR count). The third-order valence-corrected chi connectivity index (χ3v) is 4.51. The van der Waals surface area contributed by atoms with E-state index in [-0.39, 0.29) is 18.0 Å². The van der Waals surface area contributed by atoms with E-state index >= 15 is 0 Å². The Hall–Kier alpha value is -0.980. The van der Waals surface area contributed by atoms with Crippen LogP contribution < -0.4 is 5.73 Å². The molecule has 0 amide bonds. The van der Waals surface area contributed by atoms with Gasteiger partial charge in [-0.2, -0.15) is 4.31 Å². The van der Waals surface area contributed by atoms with Crippen molar-refractivity contribution < 1.29 is 12.8 Å². The summed E-state index contributed by atoms with van der Waals surface area (Å²) in [6.45, 7) is 4.39. The van der Waals surface area contributed by atoms with Gasteiger partial charge in [-0.3, -0.25) is 0 Å². The second-order valence-corrected chi connectivity index (χ2v) is 6.04. The van der Waals surface area contributed by atoms with Gasteiger partial charge in [0, 0.05) is 19.6 Å². The van der Waals surface area contributed by atoms with Crippen LogP contribution in [0.1, 0.15) is 18.9 Å². The zero-order chi connectivity index (χ0) is 13.8. The third kappa shape index (κ3) is 3.28. The van der Waals surface area contributed by atoms with E-state index in [1.165, 1.54) is 22.5 Å². The molecule has 0 aromatic heterocycles. The summed E-state index contributed by atoms with van der Waals surface area (Å²) in [5.74, 6) is -0.408. The fourth-order valence-electron chi connectivity index (χ4n) is 1.67. The van der Waals surface area contributed by atoms with Crippen LogP contribution in [-0.2, 0) is 10.0 Å². The Kier molecular flexibility index (Phi) is 5.25. The lowest BCUT2D eigenvalue weighted by atomic mass is 10.2. The van der Waals surface area contributed by atoms with Gasteiger partial charge >= 0.3 is 0 Å². The molecule has 102 valence electrons. The highest BCUT2D eigenvalue weighted by atomic mass is 32.2. The second kappa shape index (κ2) is 6.26. The van der Waals surface area contributed by atoms with Crippen molar-refractivity contribution >= 4 is 10.0 Å². The highest BCUT2D eigenvalue weighted by molar-refractivity contribution is 7.89. The number of halogens is 1. The molecule has 0 saturated carbocycles. The van der Waals surface area contributed by atoms with Gasteiger partial charge in [-0.15, -0.1) is 0 Å². The van der Waals surface area contributed by atoms with Crippen LogP contribution in [0.3, 0.4) is 0 Å². The van der Waals surface area contributed by atoms with Crippen molar-refractivity contribution in [1.82, 2.24) is 4.31 Å². The van der Waals surface area contributed by atoms with E-state index in [1.54, 1.807) is 6.92 Å². The van der Waals surface area contributed by atoms with E-state index in [1.807, 2.05) is 6.92 Å². The molecule has 2 N–H and O–H groups in total. The van der Waals surface area contributed by atoms with Crippen LogP contribution in [0.5, 0.6) is 0 Å². The number of hydrogen-bond donors (Lipinski definition) is 1. The zero-order valence-corrected chi connectivity index (χ0v) is 11.5. The Balaban J connectivity index is 3.13. The summed E-state index contributed by atoms with van der Waals surface area (Å²) in [4.78, 5) is 0.114. The normalized spacial score (nSPS) is 12.1. The SMILES string of the molecule is CCCN(CCN)S(=O)(=O)c1ccc(F)c(C)c1. The predicted octanol–water partition coefficient (Wildman–Crippen LogP) is 1.49. The number of nitrogens with two attached hydrogens (primary N) is 1. The van der Waals surface area contributed by atoms with Crippen molar-refractivity contribution in [2.75, 3.05) is 19.6 Å². The van der Waals surface area contributed by atoms with E-state index in [9.17, 15) is 12.8 Å². The van der Waals surface area contributed by atoms with Gasteiger partial charge in [-0.05, 0) is 37.1 Å². The van der Waals surface area contributed by atoms with Crippen molar-refractivity contribution in [1.29, 1.82) is 0 Å². The first kappa shape index (κ1) is 15.1. The van der Waals surface area contributed by atoms with Crippen LogP contribution >= 0.6 is 0 Å². The first-order valence-corrected chi connectivity index (χ1v) is 7.33.